The first kappa shape index (κ1) is 18.1. The van der Waals surface area contributed by atoms with Crippen LogP contribution in [0.1, 0.15) is 13.3 Å². The lowest BCUT2D eigenvalue weighted by atomic mass is 10.1. The highest BCUT2D eigenvalue weighted by Crippen LogP contribution is 2.73. The molecule has 2 unspecified atom stereocenters. The Hall–Kier alpha value is 0.0800. The monoisotopic (exact) mass is 314 g/mol. The molecule has 0 bridgehead atoms. The lowest BCUT2D eigenvalue weighted by molar-refractivity contribution is -0.0166. The highest BCUT2D eigenvalue weighted by molar-refractivity contribution is 7.72. The third kappa shape index (κ3) is 4.32. The third-order valence-corrected chi connectivity index (χ3v) is 5.39. The van der Waals surface area contributed by atoms with Gasteiger partial charge in [-0.3, -0.25) is 9.13 Å². The van der Waals surface area contributed by atoms with Gasteiger partial charge in [-0.25, -0.2) is 0 Å². The van der Waals surface area contributed by atoms with E-state index >= 15 is 0 Å². The summed E-state index contributed by atoms with van der Waals surface area (Å²) >= 11 is 0. The molecule has 0 heterocycles. The van der Waals surface area contributed by atoms with Gasteiger partial charge in [0.2, 0.25) is 0 Å². The van der Waals surface area contributed by atoms with Crippen LogP contribution in [0.3, 0.4) is 0 Å². The Morgan fingerprint density at radius 2 is 1.67 bits per heavy atom. The van der Waals surface area contributed by atoms with E-state index < -0.39 is 45.8 Å². The molecule has 0 aromatic heterocycles. The van der Waals surface area contributed by atoms with Gasteiger partial charge in [-0.2, -0.15) is 8.78 Å². The smallest absolute Gasteiger partial charge is 0.393 e. The summed E-state index contributed by atoms with van der Waals surface area (Å²) in [5.74, 6) is 0. The molecule has 2 atom stereocenters. The molecule has 0 saturated heterocycles. The zero-order valence-corrected chi connectivity index (χ0v) is 11.0. The van der Waals surface area contributed by atoms with Crippen molar-refractivity contribution in [2.24, 2.45) is 0 Å². The van der Waals surface area contributed by atoms with Crippen molar-refractivity contribution in [1.29, 1.82) is 0 Å². The fourth-order valence-electron chi connectivity index (χ4n) is 0.711. The zero-order valence-electron chi connectivity index (χ0n) is 9.23. The van der Waals surface area contributed by atoms with Crippen molar-refractivity contribution < 1.29 is 47.3 Å². The van der Waals surface area contributed by atoms with Crippen molar-refractivity contribution in [3.8, 4) is 0 Å². The van der Waals surface area contributed by atoms with E-state index in [-0.39, 0.29) is 0 Å². The average Bonchev–Trinajstić information content (AvgIpc) is 2.15. The number of hydrogen-bond acceptors (Lipinski definition) is 5. The van der Waals surface area contributed by atoms with E-state index in [2.05, 4.69) is 4.52 Å². The largest absolute Gasteiger partial charge is 0.443 e. The first-order valence-electron chi connectivity index (χ1n) is 4.51. The quantitative estimate of drug-likeness (QED) is 0.414. The molecular weight excluding hydrogens is 300 g/mol. The summed E-state index contributed by atoms with van der Waals surface area (Å²) in [6.07, 6.45) is -0.481. The number of hydrogen-bond donors (Lipinski definition) is 5. The molecule has 18 heavy (non-hydrogen) atoms. The Morgan fingerprint density at radius 1 is 1.22 bits per heavy atom. The number of aliphatic hydroxyl groups is 2. The van der Waals surface area contributed by atoms with E-state index in [1.807, 2.05) is 0 Å². The molecule has 110 valence electrons. The Kier molecular flexibility index (Phi) is 5.63. The number of halogens is 2. The summed E-state index contributed by atoms with van der Waals surface area (Å²) in [5.41, 5.74) is -1.72. The van der Waals surface area contributed by atoms with Crippen molar-refractivity contribution >= 4 is 15.2 Å². The predicted molar refractivity (Wildman–Crippen MR) is 55.1 cm³/mol. The van der Waals surface area contributed by atoms with E-state index in [4.69, 9.17) is 19.8 Å². The van der Waals surface area contributed by atoms with Crippen LogP contribution < -0.4 is 0 Å². The molecule has 0 amide bonds. The summed E-state index contributed by atoms with van der Waals surface area (Å²) in [6.45, 7) is -0.530. The second kappa shape index (κ2) is 5.60. The molecule has 12 heteroatoms. The van der Waals surface area contributed by atoms with Gasteiger partial charge in [-0.1, -0.05) is 0 Å². The Labute approximate surface area is 101 Å². The Morgan fingerprint density at radius 3 is 2.00 bits per heavy atom. The predicted octanol–water partition coefficient (Wildman–Crippen LogP) is 0.0498. The van der Waals surface area contributed by atoms with Gasteiger partial charge < -0.3 is 29.4 Å². The SMILES string of the molecule is CC(O)(CO)CCOP(=O)(O)C(F)(F)P(=O)(O)O. The van der Waals surface area contributed by atoms with Crippen molar-refractivity contribution in [1.82, 2.24) is 0 Å². The third-order valence-electron chi connectivity index (χ3n) is 1.94. The highest BCUT2D eigenvalue weighted by Gasteiger charge is 2.64. The zero-order chi connectivity index (χ0) is 14.8. The number of rotatable bonds is 7. The summed E-state index contributed by atoms with van der Waals surface area (Å²) in [7, 11) is -12.1. The van der Waals surface area contributed by atoms with E-state index in [9.17, 15) is 23.0 Å². The van der Waals surface area contributed by atoms with Gasteiger partial charge in [0, 0.05) is 6.42 Å². The van der Waals surface area contributed by atoms with Crippen LogP contribution in [0.4, 0.5) is 8.78 Å². The Bertz CT molecular complexity index is 378. The molecule has 0 rings (SSSR count). The van der Waals surface area contributed by atoms with E-state index in [1.54, 1.807) is 0 Å². The van der Waals surface area contributed by atoms with Gasteiger partial charge in [-0.05, 0) is 6.92 Å². The van der Waals surface area contributed by atoms with Crippen molar-refractivity contribution in [2.75, 3.05) is 13.2 Å². The van der Waals surface area contributed by atoms with Gasteiger partial charge in [0.15, 0.2) is 0 Å². The van der Waals surface area contributed by atoms with Crippen LogP contribution in [-0.2, 0) is 13.7 Å². The minimum Gasteiger partial charge on any atom is -0.393 e. The van der Waals surface area contributed by atoms with Crippen LogP contribution in [0.25, 0.3) is 0 Å². The second-order valence-electron chi connectivity index (χ2n) is 3.81. The summed E-state index contributed by atoms with van der Waals surface area (Å²) in [4.78, 5) is 25.3. The van der Waals surface area contributed by atoms with E-state index in [0.717, 1.165) is 6.92 Å². The number of aliphatic hydroxyl groups excluding tert-OH is 1. The standard InChI is InChI=1S/C6H14F2O8P2/c1-5(10,4-9)2-3-16-18(14,15)6(7,8)17(11,12)13/h9-10H,2-4H2,1H3,(H,14,15)(H2,11,12,13). The molecule has 0 aromatic rings. The van der Waals surface area contributed by atoms with Crippen LogP contribution in [0.5, 0.6) is 0 Å². The van der Waals surface area contributed by atoms with Crippen molar-refractivity contribution in [3.05, 3.63) is 0 Å². The average molecular weight is 314 g/mol. The first-order chi connectivity index (χ1) is 7.77. The molecule has 0 aliphatic carbocycles. The molecule has 0 aliphatic rings. The minimum atomic E-state index is -6.16. The maximum Gasteiger partial charge on any atom is 0.443 e. The van der Waals surface area contributed by atoms with Gasteiger partial charge in [-0.15, -0.1) is 0 Å². The molecule has 0 radical (unpaired) electrons. The topological polar surface area (TPSA) is 145 Å². The van der Waals surface area contributed by atoms with E-state index in [1.165, 1.54) is 0 Å². The molecule has 0 fully saturated rings. The molecule has 0 aromatic carbocycles. The van der Waals surface area contributed by atoms with Crippen LogP contribution in [-0.4, -0.2) is 49.1 Å². The highest BCUT2D eigenvalue weighted by atomic mass is 31.2. The molecule has 0 saturated carbocycles. The van der Waals surface area contributed by atoms with Gasteiger partial charge in [0.25, 0.3) is 0 Å². The van der Waals surface area contributed by atoms with Crippen molar-refractivity contribution in [3.63, 3.8) is 0 Å². The second-order valence-corrected chi connectivity index (χ2v) is 7.68. The van der Waals surface area contributed by atoms with Crippen LogP contribution in [0.15, 0.2) is 0 Å². The lowest BCUT2D eigenvalue weighted by Crippen LogP contribution is -2.30. The normalized spacial score (nSPS) is 20.2. The van der Waals surface area contributed by atoms with Crippen LogP contribution in [0, 0.1) is 0 Å². The van der Waals surface area contributed by atoms with Gasteiger partial charge >= 0.3 is 20.6 Å². The van der Waals surface area contributed by atoms with Gasteiger partial charge in [0.05, 0.1) is 18.8 Å². The summed E-state index contributed by atoms with van der Waals surface area (Å²) in [5, 5.41) is 12.6. The fraction of sp³-hybridized carbons (Fsp3) is 1.00. The lowest BCUT2D eigenvalue weighted by Gasteiger charge is -2.24. The minimum absolute atomic E-state index is 0.481. The van der Waals surface area contributed by atoms with Crippen LogP contribution in [0.2, 0.25) is 0 Å². The fourth-order valence-corrected chi connectivity index (χ4v) is 2.69. The molecule has 0 spiro atoms. The molecular formula is C6H14F2O8P2. The number of alkyl halides is 2. The van der Waals surface area contributed by atoms with Gasteiger partial charge in [0.1, 0.15) is 0 Å². The van der Waals surface area contributed by atoms with Crippen molar-refractivity contribution in [2.45, 2.75) is 24.4 Å². The molecule has 5 N–H and O–H groups in total. The Balaban J connectivity index is 4.70. The first-order valence-corrected chi connectivity index (χ1v) is 7.70. The maximum absolute atomic E-state index is 12.9. The molecule has 8 nitrogen and oxygen atoms in total. The molecule has 0 aliphatic heterocycles. The van der Waals surface area contributed by atoms with E-state index in [0.29, 0.717) is 0 Å². The van der Waals surface area contributed by atoms with Crippen LogP contribution >= 0.6 is 15.2 Å². The summed E-state index contributed by atoms with van der Waals surface area (Å²) < 4.78 is 51.0. The summed E-state index contributed by atoms with van der Waals surface area (Å²) in [6, 6.07) is 0. The maximum atomic E-state index is 12.9.